The van der Waals surface area contributed by atoms with E-state index < -0.39 is 0 Å². The third kappa shape index (κ3) is 4.49. The second kappa shape index (κ2) is 12.1. The van der Waals surface area contributed by atoms with Gasteiger partial charge < -0.3 is 13.6 Å². The summed E-state index contributed by atoms with van der Waals surface area (Å²) in [5.74, 6) is 0. The average molecular weight is 757 g/mol. The van der Waals surface area contributed by atoms with E-state index in [4.69, 9.17) is 4.42 Å². The Morgan fingerprint density at radius 2 is 1.00 bits per heavy atom. The van der Waals surface area contributed by atoms with Crippen LogP contribution in [0, 0.1) is 0 Å². The smallest absolute Gasteiger partial charge is 0.136 e. The molecular weight excluding hydrogens is 725 g/mol. The highest BCUT2D eigenvalue weighted by Crippen LogP contribution is 2.45. The number of aromatic nitrogens is 2. The predicted molar refractivity (Wildman–Crippen MR) is 246 cm³/mol. The average Bonchev–Trinajstić information content (AvgIpc) is 4.03. The largest absolute Gasteiger partial charge is 0.456 e. The Hall–Kier alpha value is -7.40. The summed E-state index contributed by atoms with van der Waals surface area (Å²) < 4.78 is 14.0. The Morgan fingerprint density at radius 1 is 0.345 bits per heavy atom. The van der Waals surface area contributed by atoms with Crippen molar-refractivity contribution in [2.75, 3.05) is 0 Å². The fourth-order valence-corrected chi connectivity index (χ4v) is 10.7. The first-order chi connectivity index (χ1) is 28.8. The normalized spacial score (nSPS) is 12.1. The van der Waals surface area contributed by atoms with E-state index in [0.29, 0.717) is 0 Å². The van der Waals surface area contributed by atoms with Crippen molar-refractivity contribution >= 4 is 97.1 Å². The molecule has 0 fully saturated rings. The summed E-state index contributed by atoms with van der Waals surface area (Å²) in [6, 6.07) is 70.6. The Kier molecular flexibility index (Phi) is 6.60. The van der Waals surface area contributed by atoms with Gasteiger partial charge >= 0.3 is 0 Å². The number of rotatable bonds is 4. The minimum Gasteiger partial charge on any atom is -0.456 e. The van der Waals surface area contributed by atoms with Crippen LogP contribution in [0.4, 0.5) is 0 Å². The Morgan fingerprint density at radius 3 is 1.86 bits per heavy atom. The number of hydrogen-bond donors (Lipinski definition) is 0. The van der Waals surface area contributed by atoms with Crippen LogP contribution in [-0.4, -0.2) is 9.13 Å². The van der Waals surface area contributed by atoms with Gasteiger partial charge in [0.05, 0.1) is 22.1 Å². The van der Waals surface area contributed by atoms with Crippen LogP contribution >= 0.6 is 11.3 Å². The van der Waals surface area contributed by atoms with Crippen molar-refractivity contribution in [3.05, 3.63) is 194 Å². The standard InChI is InChI=1S/C54H32N2OS/c1-3-12-36(13-4-1)55-45-19-9-7-16-39(45)43-31-35(23-27-46(43)55)38-18-11-20-49-52(38)44-30-33(24-28-48(44)57-49)34-22-25-40-41-26-29-51-53(42-17-8-10-21-50(42)58-51)54(41)56(47(40)32-34)37-14-5-2-6-15-37/h1-32H. The van der Waals surface area contributed by atoms with Crippen LogP contribution in [0.15, 0.2) is 199 Å². The zero-order valence-corrected chi connectivity index (χ0v) is 32.0. The molecule has 0 unspecified atom stereocenters. The van der Waals surface area contributed by atoms with Crippen LogP contribution in [0.2, 0.25) is 0 Å². The van der Waals surface area contributed by atoms with Crippen molar-refractivity contribution < 1.29 is 4.42 Å². The van der Waals surface area contributed by atoms with Gasteiger partial charge in [-0.25, -0.2) is 0 Å². The number of thiophene rings is 1. The summed E-state index contributed by atoms with van der Waals surface area (Å²) in [5.41, 5.74) is 13.6. The molecule has 9 aromatic carbocycles. The van der Waals surface area contributed by atoms with Gasteiger partial charge in [0.1, 0.15) is 11.2 Å². The van der Waals surface area contributed by atoms with Gasteiger partial charge in [-0.05, 0) is 101 Å². The summed E-state index contributed by atoms with van der Waals surface area (Å²) in [4.78, 5) is 0. The summed E-state index contributed by atoms with van der Waals surface area (Å²) in [6.45, 7) is 0. The van der Waals surface area contributed by atoms with Crippen LogP contribution in [0.5, 0.6) is 0 Å². The van der Waals surface area contributed by atoms with E-state index in [1.54, 1.807) is 0 Å². The molecule has 0 radical (unpaired) electrons. The van der Waals surface area contributed by atoms with Gasteiger partial charge in [0.25, 0.3) is 0 Å². The first-order valence-electron chi connectivity index (χ1n) is 19.8. The zero-order chi connectivity index (χ0) is 37.9. The number of furan rings is 1. The third-order valence-corrected chi connectivity index (χ3v) is 13.2. The number of hydrogen-bond acceptors (Lipinski definition) is 2. The molecule has 4 aromatic heterocycles. The van der Waals surface area contributed by atoms with Crippen molar-refractivity contribution in [2.45, 2.75) is 0 Å². The number of nitrogens with zero attached hydrogens (tertiary/aromatic N) is 2. The van der Waals surface area contributed by atoms with E-state index >= 15 is 0 Å². The lowest BCUT2D eigenvalue weighted by Crippen LogP contribution is -1.94. The van der Waals surface area contributed by atoms with Gasteiger partial charge in [0, 0.05) is 63.9 Å². The zero-order valence-electron chi connectivity index (χ0n) is 31.2. The van der Waals surface area contributed by atoms with Crippen molar-refractivity contribution in [2.24, 2.45) is 0 Å². The molecule has 0 atom stereocenters. The summed E-state index contributed by atoms with van der Waals surface area (Å²) in [5, 5.41) is 9.88. The first kappa shape index (κ1) is 31.8. The Labute approximate surface area is 336 Å². The van der Waals surface area contributed by atoms with Crippen LogP contribution in [0.1, 0.15) is 0 Å². The van der Waals surface area contributed by atoms with Gasteiger partial charge in [-0.2, -0.15) is 0 Å². The SMILES string of the molecule is c1ccc(-n2c3ccccc3c3cc(-c4cccc5oc6ccc(-c7ccc8c9ccc%10sc%11ccccc%11c%10c9n(-c9ccccc9)c8c7)cc6c45)ccc32)cc1. The second-order valence-corrected chi connectivity index (χ2v) is 16.3. The molecule has 58 heavy (non-hydrogen) atoms. The molecule has 4 heteroatoms. The van der Waals surface area contributed by atoms with Crippen molar-refractivity contribution in [3.63, 3.8) is 0 Å². The molecule has 270 valence electrons. The van der Waals surface area contributed by atoms with Crippen LogP contribution < -0.4 is 0 Å². The molecule has 3 nitrogen and oxygen atoms in total. The monoisotopic (exact) mass is 756 g/mol. The summed E-state index contributed by atoms with van der Waals surface area (Å²) in [6.07, 6.45) is 0. The Bertz CT molecular complexity index is 3790. The highest BCUT2D eigenvalue weighted by Gasteiger charge is 2.20. The third-order valence-electron chi connectivity index (χ3n) is 12.1. The van der Waals surface area contributed by atoms with Gasteiger partial charge in [0.15, 0.2) is 0 Å². The highest BCUT2D eigenvalue weighted by molar-refractivity contribution is 7.26. The number of fused-ring (bicyclic) bond motifs is 13. The maximum Gasteiger partial charge on any atom is 0.136 e. The van der Waals surface area contributed by atoms with Crippen LogP contribution in [0.25, 0.3) is 119 Å². The molecule has 0 aliphatic rings. The minimum atomic E-state index is 0.888. The Balaban J connectivity index is 1.02. The van der Waals surface area contributed by atoms with E-state index in [1.165, 1.54) is 80.5 Å². The molecule has 0 aliphatic carbocycles. The highest BCUT2D eigenvalue weighted by atomic mass is 32.1. The van der Waals surface area contributed by atoms with E-state index in [9.17, 15) is 0 Å². The van der Waals surface area contributed by atoms with Crippen LogP contribution in [0.3, 0.4) is 0 Å². The fraction of sp³-hybridized carbons (Fsp3) is 0. The molecular formula is C54H32N2OS. The van der Waals surface area contributed by atoms with Gasteiger partial charge in [-0.1, -0.05) is 115 Å². The minimum absolute atomic E-state index is 0.888. The quantitative estimate of drug-likeness (QED) is 0.175. The van der Waals surface area contributed by atoms with Crippen molar-refractivity contribution in [3.8, 4) is 33.6 Å². The van der Waals surface area contributed by atoms with E-state index in [-0.39, 0.29) is 0 Å². The topological polar surface area (TPSA) is 23.0 Å². The van der Waals surface area contributed by atoms with E-state index in [2.05, 4.69) is 203 Å². The summed E-state index contributed by atoms with van der Waals surface area (Å²) in [7, 11) is 0. The maximum atomic E-state index is 6.57. The second-order valence-electron chi connectivity index (χ2n) is 15.2. The molecule has 0 spiro atoms. The van der Waals surface area contributed by atoms with Crippen molar-refractivity contribution in [1.82, 2.24) is 9.13 Å². The maximum absolute atomic E-state index is 6.57. The summed E-state index contributed by atoms with van der Waals surface area (Å²) >= 11 is 1.87. The van der Waals surface area contributed by atoms with E-state index in [0.717, 1.165) is 38.9 Å². The molecule has 4 heterocycles. The molecule has 0 bridgehead atoms. The predicted octanol–water partition coefficient (Wildman–Crippen LogP) is 15.5. The van der Waals surface area contributed by atoms with Gasteiger partial charge in [-0.15, -0.1) is 11.3 Å². The lowest BCUT2D eigenvalue weighted by Gasteiger charge is -2.10. The lowest BCUT2D eigenvalue weighted by molar-refractivity contribution is 0.669. The van der Waals surface area contributed by atoms with Crippen LogP contribution in [-0.2, 0) is 0 Å². The molecule has 0 N–H and O–H groups in total. The molecule has 13 rings (SSSR count). The molecule has 0 amide bonds. The van der Waals surface area contributed by atoms with E-state index in [1.807, 2.05) is 11.3 Å². The molecule has 0 aliphatic heterocycles. The molecule has 13 aromatic rings. The molecule has 0 saturated carbocycles. The number of benzene rings is 9. The fourth-order valence-electron chi connectivity index (χ4n) is 9.58. The van der Waals surface area contributed by atoms with Gasteiger partial charge in [0.2, 0.25) is 0 Å². The molecule has 0 saturated heterocycles. The van der Waals surface area contributed by atoms with Crippen molar-refractivity contribution in [1.29, 1.82) is 0 Å². The first-order valence-corrected chi connectivity index (χ1v) is 20.6. The number of para-hydroxylation sites is 3. The van der Waals surface area contributed by atoms with Gasteiger partial charge in [-0.3, -0.25) is 0 Å². The lowest BCUT2D eigenvalue weighted by atomic mass is 9.96.